The summed E-state index contributed by atoms with van der Waals surface area (Å²) >= 11 is 0. The Balaban J connectivity index is 1.88. The summed E-state index contributed by atoms with van der Waals surface area (Å²) in [5, 5.41) is 0. The third-order valence-electron chi connectivity index (χ3n) is 5.28. The van der Waals surface area contributed by atoms with Crippen LogP contribution in [0.4, 0.5) is 0 Å². The summed E-state index contributed by atoms with van der Waals surface area (Å²) < 4.78 is 0. The van der Waals surface area contributed by atoms with Crippen LogP contribution >= 0.6 is 0 Å². The van der Waals surface area contributed by atoms with E-state index >= 15 is 0 Å². The third-order valence-corrected chi connectivity index (χ3v) is 5.28. The first-order valence-corrected chi connectivity index (χ1v) is 8.09. The molecule has 21 heavy (non-hydrogen) atoms. The van der Waals surface area contributed by atoms with Crippen LogP contribution in [-0.4, -0.2) is 28.4 Å². The molecule has 1 saturated carbocycles. The van der Waals surface area contributed by atoms with E-state index in [0.29, 0.717) is 23.4 Å². The number of likely N-dealkylation sites (tertiary alicyclic amines) is 1. The molecule has 2 fully saturated rings. The van der Waals surface area contributed by atoms with Gasteiger partial charge in [0.2, 0.25) is 0 Å². The lowest BCUT2D eigenvalue weighted by molar-refractivity contribution is 0.0216. The Morgan fingerprint density at radius 2 is 2.00 bits per heavy atom. The molecule has 1 N–H and O–H groups in total. The maximum atomic E-state index is 12.8. The van der Waals surface area contributed by atoms with Crippen molar-refractivity contribution >= 4 is 5.91 Å². The monoisotopic (exact) mass is 288 g/mol. The second kappa shape index (κ2) is 5.66. The molecule has 1 aliphatic heterocycles. The van der Waals surface area contributed by atoms with Crippen LogP contribution < -0.4 is 5.56 Å². The van der Waals surface area contributed by atoms with Crippen LogP contribution in [0.3, 0.4) is 0 Å². The van der Waals surface area contributed by atoms with Crippen molar-refractivity contribution in [1.29, 1.82) is 0 Å². The van der Waals surface area contributed by atoms with Crippen LogP contribution in [-0.2, 0) is 0 Å². The van der Waals surface area contributed by atoms with Gasteiger partial charge in [-0.3, -0.25) is 9.59 Å². The summed E-state index contributed by atoms with van der Waals surface area (Å²) in [6, 6.07) is 3.81. The molecule has 0 radical (unpaired) electrons. The summed E-state index contributed by atoms with van der Waals surface area (Å²) in [5.74, 6) is 1.22. The molecule has 4 heteroatoms. The Kier molecular flexibility index (Phi) is 3.87. The average molecular weight is 288 g/mol. The number of hydrogen-bond donors (Lipinski definition) is 1. The second-order valence-electron chi connectivity index (χ2n) is 6.66. The van der Waals surface area contributed by atoms with Crippen LogP contribution in [0.25, 0.3) is 0 Å². The number of pyridine rings is 1. The van der Waals surface area contributed by atoms with Crippen LogP contribution in [0, 0.1) is 18.8 Å². The van der Waals surface area contributed by atoms with Gasteiger partial charge >= 0.3 is 0 Å². The van der Waals surface area contributed by atoms with Gasteiger partial charge in [0.1, 0.15) is 5.56 Å². The highest BCUT2D eigenvalue weighted by Gasteiger charge is 2.39. The minimum Gasteiger partial charge on any atom is -0.335 e. The van der Waals surface area contributed by atoms with E-state index in [1.165, 1.54) is 19.3 Å². The zero-order chi connectivity index (χ0) is 15.0. The molecule has 0 spiro atoms. The molecular weight excluding hydrogens is 264 g/mol. The Bertz CT molecular complexity index is 593. The van der Waals surface area contributed by atoms with Gasteiger partial charge < -0.3 is 9.88 Å². The average Bonchev–Trinajstić information content (AvgIpc) is 2.47. The summed E-state index contributed by atoms with van der Waals surface area (Å²) in [4.78, 5) is 29.6. The number of hydrogen-bond acceptors (Lipinski definition) is 2. The maximum absolute atomic E-state index is 12.8. The number of carbonyl (C=O) groups excluding carboxylic acids is 1. The molecule has 1 saturated heterocycles. The van der Waals surface area contributed by atoms with Crippen LogP contribution in [0.15, 0.2) is 16.9 Å². The van der Waals surface area contributed by atoms with Gasteiger partial charge in [0, 0.05) is 18.3 Å². The van der Waals surface area contributed by atoms with Crippen molar-refractivity contribution in [3.05, 3.63) is 33.7 Å². The molecule has 3 atom stereocenters. The van der Waals surface area contributed by atoms with Gasteiger partial charge in [-0.05, 0) is 50.2 Å². The molecule has 1 aliphatic carbocycles. The zero-order valence-corrected chi connectivity index (χ0v) is 12.9. The first-order chi connectivity index (χ1) is 10.1. The molecule has 1 aromatic heterocycles. The number of piperidine rings is 1. The number of aryl methyl sites for hydroxylation is 1. The molecule has 114 valence electrons. The number of amides is 1. The lowest BCUT2D eigenvalue weighted by Crippen LogP contribution is -2.53. The molecule has 2 heterocycles. The maximum Gasteiger partial charge on any atom is 0.260 e. The van der Waals surface area contributed by atoms with E-state index in [4.69, 9.17) is 0 Å². The van der Waals surface area contributed by atoms with Crippen molar-refractivity contribution in [3.8, 4) is 0 Å². The van der Waals surface area contributed by atoms with E-state index in [9.17, 15) is 9.59 Å². The Morgan fingerprint density at radius 3 is 2.76 bits per heavy atom. The highest BCUT2D eigenvalue weighted by molar-refractivity contribution is 5.94. The Labute approximate surface area is 125 Å². The lowest BCUT2D eigenvalue weighted by atomic mass is 9.72. The van der Waals surface area contributed by atoms with E-state index in [2.05, 4.69) is 11.9 Å². The number of aromatic nitrogens is 1. The zero-order valence-electron chi connectivity index (χ0n) is 12.9. The van der Waals surface area contributed by atoms with E-state index in [0.717, 1.165) is 25.1 Å². The normalized spacial score (nSPS) is 29.0. The Hall–Kier alpha value is -1.58. The number of rotatable bonds is 1. The minimum atomic E-state index is -0.258. The molecular formula is C17H24N2O2. The fourth-order valence-corrected chi connectivity index (χ4v) is 4.06. The standard InChI is InChI=1S/C17H24N2O2/c1-11-9-10-19(15-6-4-3-5-13(11)15)17(21)14-8-7-12(2)18-16(14)20/h7-8,11,13,15H,3-6,9-10H2,1-2H3,(H,18,20)/t11-,13-,15-/m0/s1. The van der Waals surface area contributed by atoms with Gasteiger partial charge in [-0.1, -0.05) is 19.8 Å². The molecule has 0 aromatic carbocycles. The molecule has 0 bridgehead atoms. The van der Waals surface area contributed by atoms with Gasteiger partial charge in [0.15, 0.2) is 0 Å². The van der Waals surface area contributed by atoms with Crippen LogP contribution in [0.5, 0.6) is 0 Å². The summed E-state index contributed by atoms with van der Waals surface area (Å²) in [6.45, 7) is 4.92. The van der Waals surface area contributed by atoms with Crippen LogP contribution in [0.1, 0.15) is 55.1 Å². The molecule has 2 aliphatic rings. The summed E-state index contributed by atoms with van der Waals surface area (Å²) in [6.07, 6.45) is 5.83. The fraction of sp³-hybridized carbons (Fsp3) is 0.647. The predicted octanol–water partition coefficient (Wildman–Crippen LogP) is 2.72. The van der Waals surface area contributed by atoms with Crippen molar-refractivity contribution in [2.45, 2.75) is 52.0 Å². The van der Waals surface area contributed by atoms with Crippen molar-refractivity contribution in [2.75, 3.05) is 6.54 Å². The van der Waals surface area contributed by atoms with Crippen molar-refractivity contribution < 1.29 is 4.79 Å². The minimum absolute atomic E-state index is 0.0833. The van der Waals surface area contributed by atoms with E-state index in [1.54, 1.807) is 12.1 Å². The van der Waals surface area contributed by atoms with E-state index in [-0.39, 0.29) is 11.5 Å². The summed E-state index contributed by atoms with van der Waals surface area (Å²) in [5.41, 5.74) is 0.824. The van der Waals surface area contributed by atoms with Gasteiger partial charge in [-0.25, -0.2) is 0 Å². The topological polar surface area (TPSA) is 53.2 Å². The Morgan fingerprint density at radius 1 is 1.24 bits per heavy atom. The van der Waals surface area contributed by atoms with E-state index < -0.39 is 0 Å². The number of H-pyrrole nitrogens is 1. The van der Waals surface area contributed by atoms with Gasteiger partial charge in [0.25, 0.3) is 11.5 Å². The smallest absolute Gasteiger partial charge is 0.260 e. The lowest BCUT2D eigenvalue weighted by Gasteiger charge is -2.47. The largest absolute Gasteiger partial charge is 0.335 e. The fourth-order valence-electron chi connectivity index (χ4n) is 4.06. The second-order valence-corrected chi connectivity index (χ2v) is 6.66. The highest BCUT2D eigenvalue weighted by Crippen LogP contribution is 2.39. The van der Waals surface area contributed by atoms with Gasteiger partial charge in [0.05, 0.1) is 0 Å². The molecule has 0 unspecified atom stereocenters. The highest BCUT2D eigenvalue weighted by atomic mass is 16.2. The number of aromatic amines is 1. The van der Waals surface area contributed by atoms with Crippen molar-refractivity contribution in [1.82, 2.24) is 9.88 Å². The number of nitrogens with one attached hydrogen (secondary N) is 1. The number of fused-ring (bicyclic) bond motifs is 1. The van der Waals surface area contributed by atoms with Crippen molar-refractivity contribution in [2.24, 2.45) is 11.8 Å². The SMILES string of the molecule is Cc1ccc(C(=O)N2CC[C@H](C)[C@@H]3CCCC[C@@H]32)c(=O)[nH]1. The molecule has 1 amide bonds. The summed E-state index contributed by atoms with van der Waals surface area (Å²) in [7, 11) is 0. The number of carbonyl (C=O) groups is 1. The van der Waals surface area contributed by atoms with E-state index in [1.807, 2.05) is 11.8 Å². The quantitative estimate of drug-likeness (QED) is 0.864. The predicted molar refractivity (Wildman–Crippen MR) is 82.4 cm³/mol. The van der Waals surface area contributed by atoms with Gasteiger partial charge in [-0.2, -0.15) is 0 Å². The number of nitrogens with zero attached hydrogens (tertiary/aromatic N) is 1. The molecule has 3 rings (SSSR count). The third kappa shape index (κ3) is 2.63. The molecule has 1 aromatic rings. The van der Waals surface area contributed by atoms with Crippen molar-refractivity contribution in [3.63, 3.8) is 0 Å². The first-order valence-electron chi connectivity index (χ1n) is 8.09. The van der Waals surface area contributed by atoms with Crippen LogP contribution in [0.2, 0.25) is 0 Å². The first kappa shape index (κ1) is 14.4. The van der Waals surface area contributed by atoms with Gasteiger partial charge in [-0.15, -0.1) is 0 Å². The molecule has 4 nitrogen and oxygen atoms in total.